The van der Waals surface area contributed by atoms with Crippen LogP contribution in [0.15, 0.2) is 47.6 Å². The van der Waals surface area contributed by atoms with E-state index in [4.69, 9.17) is 10.3 Å². The number of benzene rings is 2. The number of ether oxygens (including phenoxy) is 1. The smallest absolute Gasteiger partial charge is 0.242 e. The number of aromatic nitrogens is 1. The van der Waals surface area contributed by atoms with Crippen molar-refractivity contribution in [2.75, 3.05) is 7.11 Å². The third kappa shape index (κ3) is 2.52. The summed E-state index contributed by atoms with van der Waals surface area (Å²) in [5.41, 5.74) is 11.2. The number of carbonyl (C=O) groups is 1. The number of carbonyl (C=O) groups excluding carboxylic acids is 1. The maximum absolute atomic E-state index is 11.3. The van der Waals surface area contributed by atoms with E-state index in [0.717, 1.165) is 27.4 Å². The van der Waals surface area contributed by atoms with Gasteiger partial charge in [0.05, 0.1) is 12.6 Å². The van der Waals surface area contributed by atoms with Crippen molar-refractivity contribution in [3.05, 3.63) is 58.5 Å². The lowest BCUT2D eigenvalue weighted by Crippen LogP contribution is -1.91. The summed E-state index contributed by atoms with van der Waals surface area (Å²) in [6.07, 6.45) is 2.82. The van der Waals surface area contributed by atoms with Crippen molar-refractivity contribution in [3.8, 4) is 5.75 Å². The number of amides is 1. The van der Waals surface area contributed by atoms with Crippen LogP contribution in [0.3, 0.4) is 0 Å². The highest BCUT2D eigenvalue weighted by Crippen LogP contribution is 2.33. The first-order valence-electron chi connectivity index (χ1n) is 6.98. The van der Waals surface area contributed by atoms with Gasteiger partial charge in [-0.3, -0.25) is 4.79 Å². The molecule has 114 valence electrons. The predicted molar refractivity (Wildman–Crippen MR) is 90.2 cm³/mol. The Morgan fingerprint density at radius 3 is 2.78 bits per heavy atom. The Labute approximate surface area is 132 Å². The Morgan fingerprint density at radius 2 is 2.04 bits per heavy atom. The van der Waals surface area contributed by atoms with Gasteiger partial charge in [-0.15, -0.1) is 0 Å². The first kappa shape index (κ1) is 14.7. The molecule has 0 spiro atoms. The monoisotopic (exact) mass is 306 g/mol. The third-order valence-corrected chi connectivity index (χ3v) is 3.81. The minimum absolute atomic E-state index is 0.646. The summed E-state index contributed by atoms with van der Waals surface area (Å²) in [7, 11) is 3.58. The number of azide groups is 1. The largest absolute Gasteiger partial charge is 0.496 e. The number of aryl methyl sites for hydroxylation is 1. The average Bonchev–Trinajstić information content (AvgIpc) is 2.85. The maximum atomic E-state index is 11.3. The van der Waals surface area contributed by atoms with Crippen molar-refractivity contribution in [3.63, 3.8) is 0 Å². The molecule has 1 amide bonds. The van der Waals surface area contributed by atoms with E-state index in [1.807, 2.05) is 31.3 Å². The van der Waals surface area contributed by atoms with Crippen molar-refractivity contribution in [1.29, 1.82) is 0 Å². The molecule has 0 radical (unpaired) electrons. The van der Waals surface area contributed by atoms with Crippen molar-refractivity contribution in [1.82, 2.24) is 4.57 Å². The van der Waals surface area contributed by atoms with Crippen LogP contribution in [-0.2, 0) is 11.8 Å². The Bertz CT molecular complexity index is 995. The van der Waals surface area contributed by atoms with Gasteiger partial charge in [-0.05, 0) is 34.9 Å². The lowest BCUT2D eigenvalue weighted by Gasteiger charge is -2.06. The molecule has 3 aromatic rings. The van der Waals surface area contributed by atoms with Gasteiger partial charge in [0.1, 0.15) is 5.75 Å². The second-order valence-corrected chi connectivity index (χ2v) is 5.05. The molecule has 6 nitrogen and oxygen atoms in total. The Balaban J connectivity index is 2.24. The Hall–Kier alpha value is -3.24. The van der Waals surface area contributed by atoms with E-state index in [2.05, 4.69) is 26.7 Å². The summed E-state index contributed by atoms with van der Waals surface area (Å²) in [5.74, 6) is 0.000892. The molecule has 0 bridgehead atoms. The molecule has 0 unspecified atom stereocenters. The zero-order valence-electron chi connectivity index (χ0n) is 12.7. The van der Waals surface area contributed by atoms with E-state index in [1.54, 1.807) is 13.2 Å². The van der Waals surface area contributed by atoms with Crippen LogP contribution in [0.5, 0.6) is 5.75 Å². The molecule has 0 saturated carbocycles. The quantitative estimate of drug-likeness (QED) is 0.315. The van der Waals surface area contributed by atoms with Crippen molar-refractivity contribution in [2.24, 2.45) is 12.2 Å². The molecule has 0 aliphatic carbocycles. The molecule has 0 saturated heterocycles. The number of methoxy groups -OCH3 is 1. The molecule has 0 N–H and O–H groups in total. The number of hydrogen-bond donors (Lipinski definition) is 0. The van der Waals surface area contributed by atoms with E-state index in [1.165, 1.54) is 6.08 Å². The minimum atomic E-state index is -0.646. The Kier molecular flexibility index (Phi) is 3.75. The van der Waals surface area contributed by atoms with Gasteiger partial charge < -0.3 is 9.30 Å². The molecule has 1 heterocycles. The second-order valence-electron chi connectivity index (χ2n) is 5.05. The molecule has 3 rings (SSSR count). The SMILES string of the molecule is COc1cc2c(cc1/C=C/C(=O)N=[N+]=[N-])c1ccccc1n2C. The van der Waals surface area contributed by atoms with Crippen LogP contribution in [-0.4, -0.2) is 17.6 Å². The molecule has 23 heavy (non-hydrogen) atoms. The Morgan fingerprint density at radius 1 is 1.26 bits per heavy atom. The number of rotatable bonds is 3. The molecule has 0 fully saturated rings. The van der Waals surface area contributed by atoms with Crippen LogP contribution in [0.25, 0.3) is 38.3 Å². The van der Waals surface area contributed by atoms with Gasteiger partial charge in [0.2, 0.25) is 5.91 Å². The van der Waals surface area contributed by atoms with Crippen molar-refractivity contribution >= 4 is 33.8 Å². The zero-order chi connectivity index (χ0) is 16.4. The van der Waals surface area contributed by atoms with E-state index in [0.29, 0.717) is 5.75 Å². The second kappa shape index (κ2) is 5.87. The molecular formula is C17H14N4O2. The van der Waals surface area contributed by atoms with Gasteiger partial charge in [-0.1, -0.05) is 18.2 Å². The van der Waals surface area contributed by atoms with Crippen molar-refractivity contribution in [2.45, 2.75) is 0 Å². The van der Waals surface area contributed by atoms with Crippen LogP contribution in [0.4, 0.5) is 0 Å². The normalized spacial score (nSPS) is 11.0. The summed E-state index contributed by atoms with van der Waals surface area (Å²) in [4.78, 5) is 13.8. The maximum Gasteiger partial charge on any atom is 0.242 e. The van der Waals surface area contributed by atoms with Gasteiger partial charge in [0.15, 0.2) is 0 Å². The minimum Gasteiger partial charge on any atom is -0.496 e. The van der Waals surface area contributed by atoms with E-state index in [-0.39, 0.29) is 0 Å². The van der Waals surface area contributed by atoms with E-state index < -0.39 is 5.91 Å². The average molecular weight is 306 g/mol. The molecule has 0 aliphatic heterocycles. The zero-order valence-corrected chi connectivity index (χ0v) is 12.7. The summed E-state index contributed by atoms with van der Waals surface area (Å²) in [6.45, 7) is 0. The number of fused-ring (bicyclic) bond motifs is 3. The van der Waals surface area contributed by atoms with E-state index in [9.17, 15) is 4.79 Å². The topological polar surface area (TPSA) is 80.0 Å². The third-order valence-electron chi connectivity index (χ3n) is 3.81. The summed E-state index contributed by atoms with van der Waals surface area (Å²) < 4.78 is 7.52. The fraction of sp³-hybridized carbons (Fsp3) is 0.118. The molecule has 0 aliphatic rings. The summed E-state index contributed by atoms with van der Waals surface area (Å²) in [5, 5.41) is 5.22. The number of hydrogen-bond acceptors (Lipinski definition) is 2. The first-order chi connectivity index (χ1) is 11.2. The fourth-order valence-corrected chi connectivity index (χ4v) is 2.75. The standard InChI is InChI=1S/C17H14N4O2/c1-21-14-6-4-3-5-12(14)13-9-11(7-8-17(22)19-20-18)16(23-2)10-15(13)21/h3-10H,1-2H3/b8-7+. The van der Waals surface area contributed by atoms with Gasteiger partial charge in [0, 0.05) is 39.9 Å². The number of nitrogens with zero attached hydrogens (tertiary/aromatic N) is 4. The van der Waals surface area contributed by atoms with Crippen LogP contribution < -0.4 is 4.74 Å². The lowest BCUT2D eigenvalue weighted by molar-refractivity contribution is -0.113. The van der Waals surface area contributed by atoms with Crippen molar-refractivity contribution < 1.29 is 9.53 Å². The number of para-hydroxylation sites is 1. The van der Waals surface area contributed by atoms with Gasteiger partial charge in [-0.25, -0.2) is 0 Å². The summed E-state index contributed by atoms with van der Waals surface area (Å²) >= 11 is 0. The molecular weight excluding hydrogens is 292 g/mol. The van der Waals surface area contributed by atoms with E-state index >= 15 is 0 Å². The van der Waals surface area contributed by atoms with Gasteiger partial charge >= 0.3 is 0 Å². The van der Waals surface area contributed by atoms with Crippen LogP contribution >= 0.6 is 0 Å². The van der Waals surface area contributed by atoms with Crippen LogP contribution in [0.2, 0.25) is 0 Å². The summed E-state index contributed by atoms with van der Waals surface area (Å²) in [6, 6.07) is 12.0. The van der Waals surface area contributed by atoms with Gasteiger partial charge in [0.25, 0.3) is 0 Å². The highest BCUT2D eigenvalue weighted by atomic mass is 16.5. The molecule has 1 aromatic heterocycles. The fourth-order valence-electron chi connectivity index (χ4n) is 2.75. The highest BCUT2D eigenvalue weighted by Gasteiger charge is 2.11. The van der Waals surface area contributed by atoms with Crippen LogP contribution in [0, 0.1) is 0 Å². The van der Waals surface area contributed by atoms with Gasteiger partial charge in [-0.2, -0.15) is 0 Å². The first-order valence-corrected chi connectivity index (χ1v) is 6.98. The molecule has 2 aromatic carbocycles. The highest BCUT2D eigenvalue weighted by molar-refractivity contribution is 6.09. The molecule has 6 heteroatoms. The lowest BCUT2D eigenvalue weighted by atomic mass is 10.1. The molecule has 0 atom stereocenters. The van der Waals surface area contributed by atoms with Crippen LogP contribution in [0.1, 0.15) is 5.56 Å². The predicted octanol–water partition coefficient (Wildman–Crippen LogP) is 4.19.